The molecule has 0 aromatic carbocycles. The van der Waals surface area contributed by atoms with Gasteiger partial charge in [-0.2, -0.15) is 0 Å². The molecule has 0 aliphatic heterocycles. The highest BCUT2D eigenvalue weighted by molar-refractivity contribution is 5.93. The molecule has 0 radical (unpaired) electrons. The van der Waals surface area contributed by atoms with Crippen LogP contribution in [0.5, 0.6) is 0 Å². The van der Waals surface area contributed by atoms with Gasteiger partial charge in [-0.25, -0.2) is 5.48 Å². The van der Waals surface area contributed by atoms with Crippen molar-refractivity contribution in [3.63, 3.8) is 0 Å². The molecule has 0 saturated carbocycles. The maximum Gasteiger partial charge on any atom is 0.276 e. The third-order valence-electron chi connectivity index (χ3n) is 2.01. The third-order valence-corrected chi connectivity index (χ3v) is 2.01. The monoisotopic (exact) mass is 217 g/mol. The molecule has 0 saturated heterocycles. The predicted octanol–water partition coefficient (Wildman–Crippen LogP) is 1.27. The summed E-state index contributed by atoms with van der Waals surface area (Å²) in [5.41, 5.74) is 3.84. The number of hydrogen-bond acceptors (Lipinski definition) is 3. The van der Waals surface area contributed by atoms with E-state index < -0.39 is 0 Å². The van der Waals surface area contributed by atoms with E-state index in [1.165, 1.54) is 0 Å². The third kappa shape index (κ3) is 2.68. The lowest BCUT2D eigenvalue weighted by atomic mass is 10.3. The van der Waals surface area contributed by atoms with Crippen molar-refractivity contribution in [2.45, 2.75) is 6.61 Å². The summed E-state index contributed by atoms with van der Waals surface area (Å²) in [7, 11) is 0. The van der Waals surface area contributed by atoms with E-state index >= 15 is 0 Å². The molecule has 0 aliphatic rings. The van der Waals surface area contributed by atoms with Gasteiger partial charge in [0.1, 0.15) is 0 Å². The van der Waals surface area contributed by atoms with E-state index in [-0.39, 0.29) is 5.91 Å². The van der Waals surface area contributed by atoms with Crippen molar-refractivity contribution < 1.29 is 9.63 Å². The van der Waals surface area contributed by atoms with Crippen LogP contribution < -0.4 is 5.48 Å². The molecule has 5 nitrogen and oxygen atoms in total. The Balaban J connectivity index is 1.79. The molecule has 2 heterocycles. The van der Waals surface area contributed by atoms with Gasteiger partial charge < -0.3 is 4.98 Å². The Morgan fingerprint density at radius 2 is 2.19 bits per heavy atom. The number of nitrogens with zero attached hydrogens (tertiary/aromatic N) is 1. The Hall–Kier alpha value is -2.14. The van der Waals surface area contributed by atoms with Gasteiger partial charge in [0.25, 0.3) is 5.91 Å². The molecule has 1 amide bonds. The van der Waals surface area contributed by atoms with Crippen LogP contribution in [-0.2, 0) is 11.4 Å². The zero-order valence-electron chi connectivity index (χ0n) is 8.51. The first-order valence-corrected chi connectivity index (χ1v) is 4.80. The standard InChI is InChI=1S/C11H11N3O2/c15-11(10-3-6-13-7-10)14-16-8-9-1-4-12-5-2-9/h1-7,13H,8H2,(H,14,15). The van der Waals surface area contributed by atoms with Crippen LogP contribution >= 0.6 is 0 Å². The fraction of sp³-hybridized carbons (Fsp3) is 0.0909. The maximum absolute atomic E-state index is 11.4. The second-order valence-electron chi connectivity index (χ2n) is 3.18. The fourth-order valence-electron chi connectivity index (χ4n) is 1.19. The van der Waals surface area contributed by atoms with E-state index in [9.17, 15) is 4.79 Å². The van der Waals surface area contributed by atoms with Crippen molar-refractivity contribution >= 4 is 5.91 Å². The molecule has 0 unspecified atom stereocenters. The molecule has 5 heteroatoms. The van der Waals surface area contributed by atoms with E-state index in [1.807, 2.05) is 12.1 Å². The molecule has 2 N–H and O–H groups in total. The van der Waals surface area contributed by atoms with Crippen LogP contribution in [-0.4, -0.2) is 15.9 Å². The lowest BCUT2D eigenvalue weighted by Crippen LogP contribution is -2.23. The second kappa shape index (κ2) is 5.09. The number of aromatic nitrogens is 2. The van der Waals surface area contributed by atoms with Crippen LogP contribution in [0.2, 0.25) is 0 Å². The van der Waals surface area contributed by atoms with Gasteiger partial charge >= 0.3 is 0 Å². The first kappa shape index (κ1) is 10.4. The van der Waals surface area contributed by atoms with E-state index in [1.54, 1.807) is 30.9 Å². The van der Waals surface area contributed by atoms with E-state index in [2.05, 4.69) is 15.4 Å². The molecule has 0 spiro atoms. The molecule has 2 aromatic heterocycles. The minimum atomic E-state index is -0.268. The van der Waals surface area contributed by atoms with Gasteiger partial charge in [0.15, 0.2) is 0 Å². The highest BCUT2D eigenvalue weighted by Crippen LogP contribution is 1.99. The van der Waals surface area contributed by atoms with Gasteiger partial charge in [0.2, 0.25) is 0 Å². The number of carbonyl (C=O) groups excluding carboxylic acids is 1. The molecule has 16 heavy (non-hydrogen) atoms. The van der Waals surface area contributed by atoms with Crippen molar-refractivity contribution in [3.8, 4) is 0 Å². The smallest absolute Gasteiger partial charge is 0.276 e. The number of H-pyrrole nitrogens is 1. The van der Waals surface area contributed by atoms with Crippen molar-refractivity contribution in [2.24, 2.45) is 0 Å². The summed E-state index contributed by atoms with van der Waals surface area (Å²) in [6.45, 7) is 0.318. The summed E-state index contributed by atoms with van der Waals surface area (Å²) in [5, 5.41) is 0. The number of hydrogen-bond donors (Lipinski definition) is 2. The molecule has 0 bridgehead atoms. The van der Waals surface area contributed by atoms with Crippen LogP contribution in [0.1, 0.15) is 15.9 Å². The zero-order chi connectivity index (χ0) is 11.2. The summed E-state index contributed by atoms with van der Waals surface area (Å²) >= 11 is 0. The van der Waals surface area contributed by atoms with Crippen LogP contribution in [0.3, 0.4) is 0 Å². The first-order valence-electron chi connectivity index (χ1n) is 4.80. The van der Waals surface area contributed by atoms with Crippen molar-refractivity contribution in [3.05, 3.63) is 54.1 Å². The Bertz CT molecular complexity index is 440. The summed E-state index contributed by atoms with van der Waals surface area (Å²) in [6, 6.07) is 5.32. The number of aromatic amines is 1. The van der Waals surface area contributed by atoms with Gasteiger partial charge in [-0.3, -0.25) is 14.6 Å². The van der Waals surface area contributed by atoms with Crippen molar-refractivity contribution in [2.75, 3.05) is 0 Å². The fourth-order valence-corrected chi connectivity index (χ4v) is 1.19. The summed E-state index contributed by atoms with van der Waals surface area (Å²) in [5.74, 6) is -0.268. The number of pyridine rings is 1. The molecule has 0 atom stereocenters. The van der Waals surface area contributed by atoms with Crippen LogP contribution in [0.15, 0.2) is 43.0 Å². The Labute approximate surface area is 92.4 Å². The number of carbonyl (C=O) groups is 1. The van der Waals surface area contributed by atoms with Gasteiger partial charge in [0.05, 0.1) is 12.2 Å². The molecule has 0 fully saturated rings. The van der Waals surface area contributed by atoms with Gasteiger partial charge in [-0.15, -0.1) is 0 Å². The first-order chi connectivity index (χ1) is 7.86. The maximum atomic E-state index is 11.4. The topological polar surface area (TPSA) is 67.0 Å². The Morgan fingerprint density at radius 1 is 1.38 bits per heavy atom. The van der Waals surface area contributed by atoms with Gasteiger partial charge in [0, 0.05) is 24.8 Å². The number of rotatable bonds is 4. The molecule has 2 rings (SSSR count). The highest BCUT2D eigenvalue weighted by atomic mass is 16.6. The van der Waals surface area contributed by atoms with Crippen molar-refractivity contribution in [1.82, 2.24) is 15.4 Å². The van der Waals surface area contributed by atoms with Crippen LogP contribution in [0.25, 0.3) is 0 Å². The van der Waals surface area contributed by atoms with Crippen LogP contribution in [0, 0.1) is 0 Å². The summed E-state index contributed by atoms with van der Waals surface area (Å²) < 4.78 is 0. The molecular weight excluding hydrogens is 206 g/mol. The quantitative estimate of drug-likeness (QED) is 0.758. The average Bonchev–Trinajstić information content (AvgIpc) is 2.84. The predicted molar refractivity (Wildman–Crippen MR) is 57.3 cm³/mol. The largest absolute Gasteiger partial charge is 0.367 e. The number of amides is 1. The second-order valence-corrected chi connectivity index (χ2v) is 3.18. The molecule has 82 valence electrons. The lowest BCUT2D eigenvalue weighted by Gasteiger charge is -2.04. The SMILES string of the molecule is O=C(NOCc1ccncc1)c1cc[nH]c1. The highest BCUT2D eigenvalue weighted by Gasteiger charge is 2.04. The minimum Gasteiger partial charge on any atom is -0.367 e. The molecule has 2 aromatic rings. The van der Waals surface area contributed by atoms with Gasteiger partial charge in [-0.1, -0.05) is 0 Å². The average molecular weight is 217 g/mol. The summed E-state index contributed by atoms with van der Waals surface area (Å²) in [4.78, 5) is 23.2. The number of nitrogens with one attached hydrogen (secondary N) is 2. The Morgan fingerprint density at radius 3 is 2.88 bits per heavy atom. The van der Waals surface area contributed by atoms with Gasteiger partial charge in [-0.05, 0) is 23.8 Å². The van der Waals surface area contributed by atoms with E-state index in [0.29, 0.717) is 12.2 Å². The zero-order valence-corrected chi connectivity index (χ0v) is 8.51. The number of hydroxylamine groups is 1. The summed E-state index contributed by atoms with van der Waals surface area (Å²) in [6.07, 6.45) is 6.63. The van der Waals surface area contributed by atoms with Crippen LogP contribution in [0.4, 0.5) is 0 Å². The Kier molecular flexibility index (Phi) is 3.30. The van der Waals surface area contributed by atoms with Crippen molar-refractivity contribution in [1.29, 1.82) is 0 Å². The van der Waals surface area contributed by atoms with E-state index in [0.717, 1.165) is 5.56 Å². The molecule has 0 aliphatic carbocycles. The lowest BCUT2D eigenvalue weighted by molar-refractivity contribution is 0.0233. The normalized spacial score (nSPS) is 10.0. The minimum absolute atomic E-state index is 0.268. The molecular formula is C11H11N3O2. The van der Waals surface area contributed by atoms with E-state index in [4.69, 9.17) is 4.84 Å².